The zero-order chi connectivity index (χ0) is 17.4. The highest BCUT2D eigenvalue weighted by Gasteiger charge is 2.10. The molecule has 1 aromatic carbocycles. The number of hydrogen-bond acceptors (Lipinski definition) is 4. The van der Waals surface area contributed by atoms with Crippen LogP contribution in [0.1, 0.15) is 53.6 Å². The number of aryl methyl sites for hydroxylation is 2. The number of anilines is 1. The molecule has 0 aliphatic carbocycles. The molecule has 0 saturated heterocycles. The maximum atomic E-state index is 12.4. The lowest BCUT2D eigenvalue weighted by Crippen LogP contribution is -2.25. The van der Waals surface area contributed by atoms with Crippen LogP contribution in [0, 0.1) is 13.8 Å². The van der Waals surface area contributed by atoms with Crippen molar-refractivity contribution in [3.05, 3.63) is 53.0 Å². The smallest absolute Gasteiger partial charge is 0.270 e. The van der Waals surface area contributed by atoms with Crippen LogP contribution in [0.15, 0.2) is 30.3 Å². The molecule has 0 bridgehead atoms. The second kappa shape index (κ2) is 9.01. The molecule has 1 aromatic heterocycles. The zero-order valence-corrected chi connectivity index (χ0v) is 14.7. The number of aromatic nitrogens is 2. The van der Waals surface area contributed by atoms with Gasteiger partial charge in [-0.15, -0.1) is 0 Å². The van der Waals surface area contributed by atoms with Crippen LogP contribution in [-0.4, -0.2) is 22.4 Å². The molecule has 24 heavy (non-hydrogen) atoms. The quantitative estimate of drug-likeness (QED) is 0.727. The summed E-state index contributed by atoms with van der Waals surface area (Å²) in [5, 5.41) is 6.20. The van der Waals surface area contributed by atoms with Crippen molar-refractivity contribution in [3.63, 3.8) is 0 Å². The van der Waals surface area contributed by atoms with E-state index >= 15 is 0 Å². The number of carbonyl (C=O) groups excluding carboxylic acids is 1. The lowest BCUT2D eigenvalue weighted by Gasteiger charge is -2.10. The van der Waals surface area contributed by atoms with Gasteiger partial charge in [-0.05, 0) is 31.4 Å². The Bertz CT molecular complexity index is 685. The van der Waals surface area contributed by atoms with E-state index in [0.717, 1.165) is 24.1 Å². The minimum absolute atomic E-state index is 0.180. The average molecular weight is 326 g/mol. The first-order valence-electron chi connectivity index (χ1n) is 8.52. The number of carbonyl (C=O) groups is 1. The van der Waals surface area contributed by atoms with Gasteiger partial charge in [0.05, 0.1) is 0 Å². The second-order valence-electron chi connectivity index (χ2n) is 5.93. The number of nitrogens with zero attached hydrogens (tertiary/aromatic N) is 2. The van der Waals surface area contributed by atoms with Crippen LogP contribution in [0.4, 0.5) is 5.82 Å². The summed E-state index contributed by atoms with van der Waals surface area (Å²) >= 11 is 0. The Balaban J connectivity index is 1.98. The summed E-state index contributed by atoms with van der Waals surface area (Å²) in [6.45, 7) is 7.36. The molecule has 0 saturated carbocycles. The van der Waals surface area contributed by atoms with Crippen LogP contribution >= 0.6 is 0 Å². The normalized spacial score (nSPS) is 10.5. The predicted molar refractivity (Wildman–Crippen MR) is 97.1 cm³/mol. The maximum Gasteiger partial charge on any atom is 0.270 e. The van der Waals surface area contributed by atoms with E-state index in [9.17, 15) is 4.79 Å². The molecule has 0 unspecified atom stereocenters. The molecule has 0 aliphatic rings. The summed E-state index contributed by atoms with van der Waals surface area (Å²) in [5.74, 6) is 1.12. The minimum atomic E-state index is -0.180. The molecule has 1 heterocycles. The third-order valence-electron chi connectivity index (χ3n) is 3.86. The molecular formula is C19H26N4O. The fourth-order valence-corrected chi connectivity index (χ4v) is 2.44. The predicted octanol–water partition coefficient (Wildman–Crippen LogP) is 3.63. The fraction of sp³-hybridized carbons (Fsp3) is 0.421. The molecule has 0 fully saturated rings. The molecule has 2 rings (SSSR count). The Hall–Kier alpha value is -2.43. The number of unbranched alkanes of at least 4 members (excludes halogenated alkanes) is 2. The van der Waals surface area contributed by atoms with Crippen LogP contribution in [0.25, 0.3) is 0 Å². The van der Waals surface area contributed by atoms with Gasteiger partial charge in [-0.1, -0.05) is 44.0 Å². The Morgan fingerprint density at radius 1 is 1.12 bits per heavy atom. The molecule has 2 aromatic rings. The molecule has 1 amide bonds. The highest BCUT2D eigenvalue weighted by molar-refractivity contribution is 5.92. The molecule has 0 spiro atoms. The van der Waals surface area contributed by atoms with E-state index < -0.39 is 0 Å². The standard InChI is InChI=1S/C19H26N4O/c1-4-5-8-11-20-18-12-17(22-15(3)23-18)19(24)21-13-16-10-7-6-9-14(16)2/h6-7,9-10,12H,4-5,8,11,13H2,1-3H3,(H,21,24)(H,20,22,23). The van der Waals surface area contributed by atoms with Gasteiger partial charge in [-0.3, -0.25) is 4.79 Å². The third kappa shape index (κ3) is 5.33. The number of hydrogen-bond donors (Lipinski definition) is 2. The summed E-state index contributed by atoms with van der Waals surface area (Å²) in [5.41, 5.74) is 2.67. The molecule has 5 heteroatoms. The first kappa shape index (κ1) is 17.9. The average Bonchev–Trinajstić information content (AvgIpc) is 2.57. The lowest BCUT2D eigenvalue weighted by molar-refractivity contribution is 0.0945. The van der Waals surface area contributed by atoms with Gasteiger partial charge in [0, 0.05) is 19.2 Å². The van der Waals surface area contributed by atoms with Gasteiger partial charge < -0.3 is 10.6 Å². The highest BCUT2D eigenvalue weighted by Crippen LogP contribution is 2.09. The molecule has 0 atom stereocenters. The number of benzene rings is 1. The Labute approximate surface area is 143 Å². The SMILES string of the molecule is CCCCCNc1cc(C(=O)NCc2ccccc2C)nc(C)n1. The van der Waals surface area contributed by atoms with E-state index in [2.05, 4.69) is 27.5 Å². The van der Waals surface area contributed by atoms with Crippen molar-refractivity contribution in [2.45, 2.75) is 46.6 Å². The van der Waals surface area contributed by atoms with E-state index in [-0.39, 0.29) is 5.91 Å². The van der Waals surface area contributed by atoms with Crippen LogP contribution in [-0.2, 0) is 6.54 Å². The monoisotopic (exact) mass is 326 g/mol. The molecule has 0 radical (unpaired) electrons. The maximum absolute atomic E-state index is 12.4. The van der Waals surface area contributed by atoms with E-state index in [1.54, 1.807) is 13.0 Å². The van der Waals surface area contributed by atoms with E-state index in [4.69, 9.17) is 0 Å². The summed E-state index contributed by atoms with van der Waals surface area (Å²) in [6, 6.07) is 9.73. The molecule has 0 aliphatic heterocycles. The van der Waals surface area contributed by atoms with Crippen LogP contribution < -0.4 is 10.6 Å². The topological polar surface area (TPSA) is 66.9 Å². The van der Waals surface area contributed by atoms with E-state index in [1.165, 1.54) is 12.8 Å². The van der Waals surface area contributed by atoms with Crippen LogP contribution in [0.2, 0.25) is 0 Å². The second-order valence-corrected chi connectivity index (χ2v) is 5.93. The van der Waals surface area contributed by atoms with Crippen molar-refractivity contribution >= 4 is 11.7 Å². The zero-order valence-electron chi connectivity index (χ0n) is 14.7. The fourth-order valence-electron chi connectivity index (χ4n) is 2.44. The Kier molecular flexibility index (Phi) is 6.73. The first-order valence-corrected chi connectivity index (χ1v) is 8.52. The van der Waals surface area contributed by atoms with Crippen LogP contribution in [0.5, 0.6) is 0 Å². The molecule has 5 nitrogen and oxygen atoms in total. The van der Waals surface area contributed by atoms with Gasteiger partial charge in [0.2, 0.25) is 0 Å². The molecular weight excluding hydrogens is 300 g/mol. The van der Waals surface area contributed by atoms with Crippen molar-refractivity contribution in [3.8, 4) is 0 Å². The van der Waals surface area contributed by atoms with Crippen LogP contribution in [0.3, 0.4) is 0 Å². The van der Waals surface area contributed by atoms with Gasteiger partial charge in [-0.25, -0.2) is 9.97 Å². The van der Waals surface area contributed by atoms with Crippen molar-refractivity contribution in [2.24, 2.45) is 0 Å². The molecule has 2 N–H and O–H groups in total. The largest absolute Gasteiger partial charge is 0.370 e. The van der Waals surface area contributed by atoms with Crippen molar-refractivity contribution < 1.29 is 4.79 Å². The minimum Gasteiger partial charge on any atom is -0.370 e. The summed E-state index contributed by atoms with van der Waals surface area (Å²) < 4.78 is 0. The van der Waals surface area contributed by atoms with Gasteiger partial charge in [0.15, 0.2) is 0 Å². The van der Waals surface area contributed by atoms with Gasteiger partial charge in [0.1, 0.15) is 17.3 Å². The summed E-state index contributed by atoms with van der Waals surface area (Å²) in [6.07, 6.45) is 3.45. The molecule has 128 valence electrons. The summed E-state index contributed by atoms with van der Waals surface area (Å²) in [4.78, 5) is 21.0. The Morgan fingerprint density at radius 2 is 1.92 bits per heavy atom. The van der Waals surface area contributed by atoms with E-state index in [1.807, 2.05) is 31.2 Å². The number of rotatable bonds is 8. The number of amides is 1. The lowest BCUT2D eigenvalue weighted by atomic mass is 10.1. The van der Waals surface area contributed by atoms with Gasteiger partial charge in [-0.2, -0.15) is 0 Å². The van der Waals surface area contributed by atoms with E-state index in [0.29, 0.717) is 23.9 Å². The highest BCUT2D eigenvalue weighted by atomic mass is 16.1. The Morgan fingerprint density at radius 3 is 2.67 bits per heavy atom. The summed E-state index contributed by atoms with van der Waals surface area (Å²) in [7, 11) is 0. The van der Waals surface area contributed by atoms with Gasteiger partial charge >= 0.3 is 0 Å². The number of nitrogens with one attached hydrogen (secondary N) is 2. The first-order chi connectivity index (χ1) is 11.6. The van der Waals surface area contributed by atoms with Gasteiger partial charge in [0.25, 0.3) is 5.91 Å². The van der Waals surface area contributed by atoms with Crippen molar-refractivity contribution in [1.29, 1.82) is 0 Å². The van der Waals surface area contributed by atoms with Crippen molar-refractivity contribution in [1.82, 2.24) is 15.3 Å². The van der Waals surface area contributed by atoms with Crippen molar-refractivity contribution in [2.75, 3.05) is 11.9 Å². The third-order valence-corrected chi connectivity index (χ3v) is 3.86.